The number of benzene rings is 3. The fourth-order valence-corrected chi connectivity index (χ4v) is 2.74. The highest BCUT2D eigenvalue weighted by Crippen LogP contribution is 2.40. The molecular weight excluding hydrogens is 340 g/mol. The van der Waals surface area contributed by atoms with Gasteiger partial charge in [0.15, 0.2) is 33.7 Å². The number of ether oxygens (including phenoxy) is 2. The molecule has 0 unspecified atom stereocenters. The lowest BCUT2D eigenvalue weighted by molar-refractivity contribution is 0.411. The molecule has 0 spiro atoms. The molecule has 0 saturated carbocycles. The molecule has 0 bridgehead atoms. The Kier molecular flexibility index (Phi) is 4.76. The third-order valence-electron chi connectivity index (χ3n) is 3.42. The van der Waals surface area contributed by atoms with Crippen LogP contribution < -0.4 is 20.9 Å². The van der Waals surface area contributed by atoms with Crippen LogP contribution in [0.4, 0.5) is 11.4 Å². The Labute approximate surface area is 146 Å². The van der Waals surface area contributed by atoms with E-state index in [1.54, 1.807) is 60.7 Å². The van der Waals surface area contributed by atoms with E-state index in [2.05, 4.69) is 0 Å². The van der Waals surface area contributed by atoms with Crippen molar-refractivity contribution in [2.24, 2.45) is 0 Å². The minimum atomic E-state index is -2.90. The molecule has 0 fully saturated rings. The van der Waals surface area contributed by atoms with Crippen LogP contribution in [-0.2, 0) is 10.7 Å². The smallest absolute Gasteiger partial charge is 0.188 e. The van der Waals surface area contributed by atoms with Gasteiger partial charge in [0, 0.05) is 0 Å². The van der Waals surface area contributed by atoms with Gasteiger partial charge in [-0.2, -0.15) is 0 Å². The molecule has 0 saturated heterocycles. The van der Waals surface area contributed by atoms with E-state index in [9.17, 15) is 8.42 Å². The van der Waals surface area contributed by atoms with Crippen LogP contribution in [0.3, 0.4) is 0 Å². The zero-order valence-corrected chi connectivity index (χ0v) is 14.0. The summed E-state index contributed by atoms with van der Waals surface area (Å²) in [6.45, 7) is 0. The van der Waals surface area contributed by atoms with Crippen LogP contribution in [0.25, 0.3) is 0 Å². The molecule has 0 aliphatic rings. The number of nitrogen functional groups attached to an aromatic ring is 2. The van der Waals surface area contributed by atoms with Gasteiger partial charge in [-0.3, -0.25) is 0 Å². The van der Waals surface area contributed by atoms with Gasteiger partial charge in [0.25, 0.3) is 0 Å². The summed E-state index contributed by atoms with van der Waals surface area (Å²) < 4.78 is 34.8. The second kappa shape index (κ2) is 7.14. The molecular formula is C18H16N2O4S. The van der Waals surface area contributed by atoms with Crippen molar-refractivity contribution in [3.8, 4) is 23.0 Å². The summed E-state index contributed by atoms with van der Waals surface area (Å²) in [5.41, 5.74) is 12.6. The molecule has 0 amide bonds. The van der Waals surface area contributed by atoms with Gasteiger partial charge in [0.2, 0.25) is 0 Å². The van der Waals surface area contributed by atoms with E-state index in [0.717, 1.165) is 0 Å². The Morgan fingerprint density at radius 3 is 1.72 bits per heavy atom. The summed E-state index contributed by atoms with van der Waals surface area (Å²) in [6.07, 6.45) is 0. The zero-order valence-electron chi connectivity index (χ0n) is 13.1. The van der Waals surface area contributed by atoms with E-state index >= 15 is 0 Å². The number of nitrogens with two attached hydrogens (primary N) is 2. The van der Waals surface area contributed by atoms with Crippen molar-refractivity contribution in [3.63, 3.8) is 0 Å². The summed E-state index contributed by atoms with van der Waals surface area (Å²) in [5, 5.41) is 0. The normalized spacial score (nSPS) is 10.6. The summed E-state index contributed by atoms with van der Waals surface area (Å²) >= 11 is 0. The van der Waals surface area contributed by atoms with Gasteiger partial charge in [0.05, 0.1) is 11.4 Å². The summed E-state index contributed by atoms with van der Waals surface area (Å²) in [5.74, 6) is 1.00. The highest BCUT2D eigenvalue weighted by molar-refractivity contribution is 7.72. The number of thiol groups is 1. The number of rotatable bonds is 5. The highest BCUT2D eigenvalue weighted by Gasteiger charge is 2.17. The minimum Gasteiger partial charge on any atom is -0.451 e. The molecule has 128 valence electrons. The topological polar surface area (TPSA) is 105 Å². The molecule has 3 rings (SSSR count). The lowest BCUT2D eigenvalue weighted by Crippen LogP contribution is -1.98. The first-order valence-electron chi connectivity index (χ1n) is 7.38. The van der Waals surface area contributed by atoms with Crippen LogP contribution in [0.1, 0.15) is 0 Å². The zero-order chi connectivity index (χ0) is 17.8. The van der Waals surface area contributed by atoms with Gasteiger partial charge in [-0.05, 0) is 36.4 Å². The SMILES string of the molecule is Nc1ccccc1Oc1cccc([SH](=O)=O)c1Oc1ccccc1N. The Balaban J connectivity index is 2.08. The molecule has 0 heterocycles. The van der Waals surface area contributed by atoms with Crippen molar-refractivity contribution < 1.29 is 17.9 Å². The molecule has 0 aliphatic carbocycles. The first kappa shape index (κ1) is 16.7. The van der Waals surface area contributed by atoms with Crippen LogP contribution in [0.2, 0.25) is 0 Å². The van der Waals surface area contributed by atoms with Crippen molar-refractivity contribution in [1.82, 2.24) is 0 Å². The fraction of sp³-hybridized carbons (Fsp3) is 0. The van der Waals surface area contributed by atoms with Gasteiger partial charge in [-0.1, -0.05) is 30.3 Å². The van der Waals surface area contributed by atoms with Crippen LogP contribution in [0.15, 0.2) is 71.6 Å². The Morgan fingerprint density at radius 2 is 1.16 bits per heavy atom. The molecule has 0 aromatic heterocycles. The highest BCUT2D eigenvalue weighted by atomic mass is 32.2. The molecule has 6 nitrogen and oxygen atoms in total. The largest absolute Gasteiger partial charge is 0.451 e. The predicted octanol–water partition coefficient (Wildman–Crippen LogP) is 3.41. The fourth-order valence-electron chi connectivity index (χ4n) is 2.21. The minimum absolute atomic E-state index is 0.00902. The van der Waals surface area contributed by atoms with E-state index in [0.29, 0.717) is 22.9 Å². The van der Waals surface area contributed by atoms with Crippen molar-refractivity contribution >= 4 is 22.1 Å². The van der Waals surface area contributed by atoms with Gasteiger partial charge in [0.1, 0.15) is 4.90 Å². The van der Waals surface area contributed by atoms with Gasteiger partial charge in [-0.25, -0.2) is 8.42 Å². The van der Waals surface area contributed by atoms with E-state index < -0.39 is 10.7 Å². The standard InChI is InChI=1S/C18H16N2O4S/c19-12-6-1-3-8-14(12)23-16-10-5-11-17(25(21)22)18(16)24-15-9-4-2-7-13(15)20/h1-11,25H,19-20H2. The molecule has 0 atom stereocenters. The quantitative estimate of drug-likeness (QED) is 0.478. The van der Waals surface area contributed by atoms with Crippen LogP contribution in [-0.4, -0.2) is 8.42 Å². The van der Waals surface area contributed by atoms with Crippen molar-refractivity contribution in [1.29, 1.82) is 0 Å². The number of hydrogen-bond donors (Lipinski definition) is 3. The van der Waals surface area contributed by atoms with Gasteiger partial charge >= 0.3 is 0 Å². The summed E-state index contributed by atoms with van der Waals surface area (Å²) in [4.78, 5) is -0.00902. The second-order valence-corrected chi connectivity index (χ2v) is 6.14. The molecule has 4 N–H and O–H groups in total. The summed E-state index contributed by atoms with van der Waals surface area (Å²) in [6, 6.07) is 18.3. The number of anilines is 2. The molecule has 3 aromatic rings. The van der Waals surface area contributed by atoms with E-state index in [4.69, 9.17) is 20.9 Å². The van der Waals surface area contributed by atoms with Crippen molar-refractivity contribution in [2.75, 3.05) is 11.5 Å². The van der Waals surface area contributed by atoms with Crippen molar-refractivity contribution in [2.45, 2.75) is 4.90 Å². The monoisotopic (exact) mass is 356 g/mol. The van der Waals surface area contributed by atoms with Gasteiger partial charge < -0.3 is 20.9 Å². The maximum atomic E-state index is 11.6. The average Bonchev–Trinajstić information content (AvgIpc) is 2.60. The van der Waals surface area contributed by atoms with E-state index in [1.165, 1.54) is 6.07 Å². The third kappa shape index (κ3) is 3.67. The molecule has 0 aliphatic heterocycles. The van der Waals surface area contributed by atoms with Crippen LogP contribution in [0, 0.1) is 0 Å². The van der Waals surface area contributed by atoms with Crippen LogP contribution in [0.5, 0.6) is 23.0 Å². The Bertz CT molecular complexity index is 978. The maximum Gasteiger partial charge on any atom is 0.188 e. The van der Waals surface area contributed by atoms with E-state index in [-0.39, 0.29) is 16.4 Å². The predicted molar refractivity (Wildman–Crippen MR) is 96.9 cm³/mol. The maximum absolute atomic E-state index is 11.6. The lowest BCUT2D eigenvalue weighted by Gasteiger charge is -2.15. The Hall–Kier alpha value is -3.19. The van der Waals surface area contributed by atoms with E-state index in [1.807, 2.05) is 0 Å². The third-order valence-corrected chi connectivity index (χ3v) is 4.17. The number of para-hydroxylation sites is 5. The van der Waals surface area contributed by atoms with Gasteiger partial charge in [-0.15, -0.1) is 0 Å². The average molecular weight is 356 g/mol. The molecule has 3 aromatic carbocycles. The lowest BCUT2D eigenvalue weighted by atomic mass is 10.2. The molecule has 25 heavy (non-hydrogen) atoms. The summed E-state index contributed by atoms with van der Waals surface area (Å²) in [7, 11) is -2.90. The van der Waals surface area contributed by atoms with Crippen molar-refractivity contribution in [3.05, 3.63) is 66.7 Å². The molecule has 0 radical (unpaired) electrons. The molecule has 7 heteroatoms. The Morgan fingerprint density at radius 1 is 0.640 bits per heavy atom. The number of hydrogen-bond acceptors (Lipinski definition) is 6. The van der Waals surface area contributed by atoms with Crippen LogP contribution >= 0.6 is 0 Å². The second-order valence-electron chi connectivity index (χ2n) is 5.14. The first-order valence-corrected chi connectivity index (χ1v) is 8.56. The first-order chi connectivity index (χ1) is 12.1.